The Bertz CT molecular complexity index is 733. The smallest absolute Gasteiger partial charge is 0.166 e. The van der Waals surface area contributed by atoms with Crippen molar-refractivity contribution in [1.82, 2.24) is 20.2 Å². The predicted molar refractivity (Wildman–Crippen MR) is 87.2 cm³/mol. The number of hydrogen-bond donors (Lipinski definition) is 0. The quantitative estimate of drug-likeness (QED) is 0.623. The first-order valence-corrected chi connectivity index (χ1v) is 8.27. The third kappa shape index (κ3) is 4.29. The molecule has 0 aliphatic rings. The monoisotopic (exact) mass is 330 g/mol. The average molecular weight is 330 g/mol. The topological polar surface area (TPSA) is 52.8 Å². The number of aromatic nitrogens is 4. The highest BCUT2D eigenvalue weighted by Gasteiger charge is 2.07. The molecule has 1 aromatic heterocycles. The Morgan fingerprint density at radius 1 is 1.04 bits per heavy atom. The van der Waals surface area contributed by atoms with Crippen LogP contribution in [0.3, 0.4) is 0 Å². The molecule has 0 atom stereocenters. The summed E-state index contributed by atoms with van der Waals surface area (Å²) in [5.41, 5.74) is 0.940. The number of rotatable bonds is 7. The molecule has 23 heavy (non-hydrogen) atoms. The molecular formula is C16H15FN4OS. The number of para-hydroxylation sites is 1. The van der Waals surface area contributed by atoms with Crippen molar-refractivity contribution in [1.29, 1.82) is 0 Å². The predicted octanol–water partition coefficient (Wildman–Crippen LogP) is 3.11. The van der Waals surface area contributed by atoms with Gasteiger partial charge in [-0.25, -0.2) is 4.39 Å². The van der Waals surface area contributed by atoms with Crippen molar-refractivity contribution in [3.63, 3.8) is 0 Å². The van der Waals surface area contributed by atoms with Crippen LogP contribution in [0.4, 0.5) is 4.39 Å². The van der Waals surface area contributed by atoms with Crippen LogP contribution < -0.4 is 4.74 Å². The van der Waals surface area contributed by atoms with Gasteiger partial charge in [-0.05, 0) is 46.8 Å². The third-order valence-electron chi connectivity index (χ3n) is 3.08. The van der Waals surface area contributed by atoms with E-state index in [1.807, 2.05) is 30.3 Å². The summed E-state index contributed by atoms with van der Waals surface area (Å²) < 4.78 is 20.1. The summed E-state index contributed by atoms with van der Waals surface area (Å²) in [6.07, 6.45) is 0. The van der Waals surface area contributed by atoms with Crippen molar-refractivity contribution in [2.45, 2.75) is 5.75 Å². The Balaban J connectivity index is 1.46. The molecule has 0 N–H and O–H groups in total. The molecule has 0 aliphatic carbocycles. The summed E-state index contributed by atoms with van der Waals surface area (Å²) in [5, 5.41) is 11.8. The lowest BCUT2D eigenvalue weighted by Gasteiger charge is -2.06. The maximum absolute atomic E-state index is 12.8. The molecule has 1 heterocycles. The molecule has 2 aromatic carbocycles. The Labute approximate surface area is 137 Å². The highest BCUT2D eigenvalue weighted by Crippen LogP contribution is 2.15. The van der Waals surface area contributed by atoms with Gasteiger partial charge in [0.15, 0.2) is 5.82 Å². The van der Waals surface area contributed by atoms with Gasteiger partial charge in [-0.2, -0.15) is 16.4 Å². The fourth-order valence-corrected chi connectivity index (χ4v) is 2.69. The van der Waals surface area contributed by atoms with E-state index in [1.54, 1.807) is 28.6 Å². The highest BCUT2D eigenvalue weighted by atomic mass is 32.2. The number of halogens is 1. The maximum Gasteiger partial charge on any atom is 0.166 e. The lowest BCUT2D eigenvalue weighted by molar-refractivity contribution is 0.343. The van der Waals surface area contributed by atoms with E-state index in [4.69, 9.17) is 4.74 Å². The van der Waals surface area contributed by atoms with E-state index in [-0.39, 0.29) is 5.82 Å². The van der Waals surface area contributed by atoms with E-state index in [0.717, 1.165) is 17.3 Å². The summed E-state index contributed by atoms with van der Waals surface area (Å²) in [5.74, 6) is 2.68. The molecule has 0 spiro atoms. The number of tetrazole rings is 1. The van der Waals surface area contributed by atoms with Gasteiger partial charge >= 0.3 is 0 Å². The lowest BCUT2D eigenvalue weighted by Crippen LogP contribution is -2.04. The summed E-state index contributed by atoms with van der Waals surface area (Å²) in [4.78, 5) is 0. The molecule has 0 saturated carbocycles. The van der Waals surface area contributed by atoms with Gasteiger partial charge in [0.25, 0.3) is 0 Å². The Kier molecular flexibility index (Phi) is 5.21. The van der Waals surface area contributed by atoms with E-state index in [9.17, 15) is 4.39 Å². The van der Waals surface area contributed by atoms with Crippen molar-refractivity contribution in [3.8, 4) is 11.4 Å². The fourth-order valence-electron chi connectivity index (χ4n) is 1.98. The molecule has 0 amide bonds. The highest BCUT2D eigenvalue weighted by molar-refractivity contribution is 7.98. The average Bonchev–Trinajstić information content (AvgIpc) is 3.05. The molecule has 5 nitrogen and oxygen atoms in total. The molecule has 0 radical (unpaired) electrons. The number of ether oxygens (including phenoxy) is 1. The second-order valence-corrected chi connectivity index (χ2v) is 5.80. The number of hydrogen-bond acceptors (Lipinski definition) is 5. The first-order valence-electron chi connectivity index (χ1n) is 7.12. The molecule has 3 aromatic rings. The van der Waals surface area contributed by atoms with Crippen molar-refractivity contribution in [2.24, 2.45) is 0 Å². The summed E-state index contributed by atoms with van der Waals surface area (Å²) in [7, 11) is 0. The number of nitrogens with zero attached hydrogens (tertiary/aromatic N) is 4. The Morgan fingerprint density at radius 2 is 1.83 bits per heavy atom. The van der Waals surface area contributed by atoms with Crippen LogP contribution in [-0.4, -0.2) is 32.6 Å². The fraction of sp³-hybridized carbons (Fsp3) is 0.188. The molecule has 3 rings (SSSR count). The van der Waals surface area contributed by atoms with Gasteiger partial charge in [0.05, 0.1) is 18.0 Å². The van der Waals surface area contributed by atoms with Gasteiger partial charge in [-0.3, -0.25) is 0 Å². The maximum atomic E-state index is 12.8. The van der Waals surface area contributed by atoms with Gasteiger partial charge < -0.3 is 4.74 Å². The van der Waals surface area contributed by atoms with E-state index in [0.29, 0.717) is 18.1 Å². The molecular weight excluding hydrogens is 315 g/mol. The molecule has 0 saturated heterocycles. The normalized spacial score (nSPS) is 10.7. The first kappa shape index (κ1) is 15.5. The molecule has 7 heteroatoms. The van der Waals surface area contributed by atoms with Gasteiger partial charge in [-0.15, -0.1) is 5.10 Å². The van der Waals surface area contributed by atoms with Crippen LogP contribution in [0.15, 0.2) is 54.6 Å². The molecule has 0 unspecified atom stereocenters. The van der Waals surface area contributed by atoms with Gasteiger partial charge in [0, 0.05) is 5.75 Å². The minimum Gasteiger partial charge on any atom is -0.493 e. The Morgan fingerprint density at radius 3 is 2.61 bits per heavy atom. The van der Waals surface area contributed by atoms with Crippen LogP contribution in [0.2, 0.25) is 0 Å². The van der Waals surface area contributed by atoms with E-state index in [2.05, 4.69) is 15.5 Å². The minimum atomic E-state index is -0.264. The van der Waals surface area contributed by atoms with Crippen molar-refractivity contribution < 1.29 is 9.13 Å². The van der Waals surface area contributed by atoms with Crippen molar-refractivity contribution in [3.05, 3.63) is 66.2 Å². The molecule has 118 valence electrons. The van der Waals surface area contributed by atoms with E-state index >= 15 is 0 Å². The molecule has 0 bridgehead atoms. The lowest BCUT2D eigenvalue weighted by atomic mass is 10.3. The zero-order valence-electron chi connectivity index (χ0n) is 12.3. The second-order valence-electron chi connectivity index (χ2n) is 4.70. The largest absolute Gasteiger partial charge is 0.493 e. The zero-order valence-corrected chi connectivity index (χ0v) is 13.1. The zero-order chi connectivity index (χ0) is 15.9. The number of benzene rings is 2. The van der Waals surface area contributed by atoms with Crippen LogP contribution in [0.25, 0.3) is 5.69 Å². The van der Waals surface area contributed by atoms with E-state index < -0.39 is 0 Å². The van der Waals surface area contributed by atoms with Crippen LogP contribution >= 0.6 is 11.8 Å². The van der Waals surface area contributed by atoms with Gasteiger partial charge in [-0.1, -0.05) is 18.2 Å². The SMILES string of the molecule is Fc1ccc(OCCSCc2nnnn2-c2ccccc2)cc1. The minimum absolute atomic E-state index is 0.264. The van der Waals surface area contributed by atoms with Crippen LogP contribution in [0.5, 0.6) is 5.75 Å². The summed E-state index contributed by atoms with van der Waals surface area (Å²) in [6.45, 7) is 0.545. The van der Waals surface area contributed by atoms with Crippen LogP contribution in [-0.2, 0) is 5.75 Å². The molecule has 0 fully saturated rings. The third-order valence-corrected chi connectivity index (χ3v) is 3.99. The Hall–Kier alpha value is -2.41. The van der Waals surface area contributed by atoms with Crippen molar-refractivity contribution in [2.75, 3.05) is 12.4 Å². The van der Waals surface area contributed by atoms with Gasteiger partial charge in [0.1, 0.15) is 11.6 Å². The van der Waals surface area contributed by atoms with Crippen LogP contribution in [0.1, 0.15) is 5.82 Å². The standard InChI is InChI=1S/C16H15FN4OS/c17-13-6-8-15(9-7-13)22-10-11-23-12-16-18-19-20-21(16)14-4-2-1-3-5-14/h1-9H,10-12H2. The summed E-state index contributed by atoms with van der Waals surface area (Å²) in [6, 6.07) is 15.8. The first-order chi connectivity index (χ1) is 11.3. The van der Waals surface area contributed by atoms with Gasteiger partial charge in [0.2, 0.25) is 0 Å². The second kappa shape index (κ2) is 7.73. The number of thioether (sulfide) groups is 1. The van der Waals surface area contributed by atoms with Crippen LogP contribution in [0, 0.1) is 5.82 Å². The van der Waals surface area contributed by atoms with E-state index in [1.165, 1.54) is 12.1 Å². The van der Waals surface area contributed by atoms with Crippen molar-refractivity contribution >= 4 is 11.8 Å². The molecule has 0 aliphatic heterocycles. The summed E-state index contributed by atoms with van der Waals surface area (Å²) >= 11 is 1.68.